The van der Waals surface area contributed by atoms with Crippen molar-refractivity contribution in [1.29, 1.82) is 0 Å². The highest BCUT2D eigenvalue weighted by Gasteiger charge is 2.21. The van der Waals surface area contributed by atoms with E-state index in [9.17, 15) is 26.3 Å². The fourth-order valence-corrected chi connectivity index (χ4v) is 0.525. The second kappa shape index (κ2) is 5.31. The van der Waals surface area contributed by atoms with Gasteiger partial charge in [0.1, 0.15) is 0 Å². The molecule has 0 spiro atoms. The standard InChI is InChI=1S/C6Cl2F6/c7-5(13)3(11)1(9)2(10)4(12)6(8)14/b2-1+,5-3+,6-4+. The molecule has 0 aliphatic heterocycles. The van der Waals surface area contributed by atoms with Gasteiger partial charge in [0.25, 0.3) is 0 Å². The summed E-state index contributed by atoms with van der Waals surface area (Å²) < 4.78 is 72.3. The first kappa shape index (κ1) is 13.4. The van der Waals surface area contributed by atoms with Crippen LogP contribution in [0.4, 0.5) is 26.3 Å². The monoisotopic (exact) mass is 256 g/mol. The van der Waals surface area contributed by atoms with Crippen molar-refractivity contribution in [1.82, 2.24) is 0 Å². The van der Waals surface area contributed by atoms with Crippen molar-refractivity contribution in [3.63, 3.8) is 0 Å². The Bertz CT molecular complexity index is 289. The van der Waals surface area contributed by atoms with Gasteiger partial charge < -0.3 is 0 Å². The maximum atomic E-state index is 12.3. The number of rotatable bonds is 2. The molecule has 0 bridgehead atoms. The number of hydrogen-bond acceptors (Lipinski definition) is 0. The summed E-state index contributed by atoms with van der Waals surface area (Å²) in [6, 6.07) is 0. The normalized spacial score (nSPS) is 17.1. The summed E-state index contributed by atoms with van der Waals surface area (Å²) in [5.41, 5.74) is 0. The van der Waals surface area contributed by atoms with Crippen LogP contribution >= 0.6 is 23.2 Å². The van der Waals surface area contributed by atoms with Crippen LogP contribution in [0.3, 0.4) is 0 Å². The van der Waals surface area contributed by atoms with Crippen LogP contribution in [0.2, 0.25) is 0 Å². The predicted octanol–water partition coefficient (Wildman–Crippen LogP) is 4.83. The second-order valence-corrected chi connectivity index (χ2v) is 2.44. The van der Waals surface area contributed by atoms with E-state index in [4.69, 9.17) is 0 Å². The summed E-state index contributed by atoms with van der Waals surface area (Å²) in [4.78, 5) is 0. The zero-order chi connectivity index (χ0) is 11.5. The van der Waals surface area contributed by atoms with E-state index < -0.39 is 33.9 Å². The zero-order valence-electron chi connectivity index (χ0n) is 6.02. The lowest BCUT2D eigenvalue weighted by Crippen LogP contribution is -1.86. The molecule has 0 aromatic carbocycles. The van der Waals surface area contributed by atoms with Crippen LogP contribution < -0.4 is 0 Å². The smallest absolute Gasteiger partial charge is 0.200 e. The van der Waals surface area contributed by atoms with Crippen LogP contribution in [0.25, 0.3) is 0 Å². The maximum absolute atomic E-state index is 12.3. The number of hydrogen-bond donors (Lipinski definition) is 0. The molecule has 0 saturated heterocycles. The molecular weight excluding hydrogens is 257 g/mol. The van der Waals surface area contributed by atoms with Crippen molar-refractivity contribution in [3.05, 3.63) is 33.9 Å². The highest BCUT2D eigenvalue weighted by Crippen LogP contribution is 2.31. The lowest BCUT2D eigenvalue weighted by atomic mass is 10.4. The summed E-state index contributed by atoms with van der Waals surface area (Å²) in [6.45, 7) is 0. The van der Waals surface area contributed by atoms with Gasteiger partial charge in [-0.25, -0.2) is 8.78 Å². The van der Waals surface area contributed by atoms with Gasteiger partial charge in [-0.15, -0.1) is 0 Å². The van der Waals surface area contributed by atoms with Crippen LogP contribution in [0.1, 0.15) is 0 Å². The third kappa shape index (κ3) is 3.26. The molecule has 80 valence electrons. The van der Waals surface area contributed by atoms with E-state index in [0.717, 1.165) is 0 Å². The SMILES string of the molecule is F\C(Cl)=C(F)/C(F)=C(F)/C(F)=C(\F)Cl. The molecule has 0 saturated carbocycles. The van der Waals surface area contributed by atoms with Gasteiger partial charge in [-0.05, 0) is 23.2 Å². The molecular formula is C6Cl2F6. The Morgan fingerprint density at radius 1 is 0.500 bits per heavy atom. The van der Waals surface area contributed by atoms with E-state index in [1.807, 2.05) is 0 Å². The minimum absolute atomic E-state index is 2.24. The molecule has 0 radical (unpaired) electrons. The Kier molecular flexibility index (Phi) is 5.07. The molecule has 0 aliphatic rings. The van der Waals surface area contributed by atoms with Gasteiger partial charge in [-0.1, -0.05) is 0 Å². The minimum Gasteiger partial charge on any atom is -0.200 e. The van der Waals surface area contributed by atoms with E-state index in [0.29, 0.717) is 0 Å². The molecule has 0 heterocycles. The first-order valence-corrected chi connectivity index (χ1v) is 3.52. The van der Waals surface area contributed by atoms with Gasteiger partial charge in [-0.3, -0.25) is 0 Å². The van der Waals surface area contributed by atoms with Crippen molar-refractivity contribution in [2.75, 3.05) is 0 Å². The molecule has 0 aliphatic carbocycles. The Morgan fingerprint density at radius 3 is 0.857 bits per heavy atom. The average Bonchev–Trinajstić information content (AvgIpc) is 2.12. The van der Waals surface area contributed by atoms with Crippen molar-refractivity contribution in [2.45, 2.75) is 0 Å². The van der Waals surface area contributed by atoms with Crippen molar-refractivity contribution < 1.29 is 26.3 Å². The highest BCUT2D eigenvalue weighted by molar-refractivity contribution is 6.29. The van der Waals surface area contributed by atoms with Crippen LogP contribution in [0, 0.1) is 0 Å². The van der Waals surface area contributed by atoms with Gasteiger partial charge >= 0.3 is 0 Å². The van der Waals surface area contributed by atoms with Gasteiger partial charge in [0.2, 0.25) is 33.9 Å². The fourth-order valence-electron chi connectivity index (χ4n) is 0.359. The molecule has 0 amide bonds. The lowest BCUT2D eigenvalue weighted by Gasteiger charge is -1.95. The summed E-state index contributed by atoms with van der Waals surface area (Å²) in [7, 11) is 0. The van der Waals surface area contributed by atoms with Crippen LogP contribution in [0.5, 0.6) is 0 Å². The van der Waals surface area contributed by atoms with Crippen LogP contribution in [0.15, 0.2) is 33.9 Å². The van der Waals surface area contributed by atoms with Gasteiger partial charge in [0, 0.05) is 0 Å². The van der Waals surface area contributed by atoms with Gasteiger partial charge in [0.15, 0.2) is 0 Å². The first-order chi connectivity index (χ1) is 6.29. The fraction of sp³-hybridized carbons (Fsp3) is 0. The van der Waals surface area contributed by atoms with Gasteiger partial charge in [0.05, 0.1) is 0 Å². The molecule has 0 aromatic heterocycles. The highest BCUT2D eigenvalue weighted by atomic mass is 35.5. The average molecular weight is 257 g/mol. The largest absolute Gasteiger partial charge is 0.228 e. The Hall–Kier alpha value is -0.620. The molecule has 0 fully saturated rings. The van der Waals surface area contributed by atoms with Crippen molar-refractivity contribution in [2.24, 2.45) is 0 Å². The second-order valence-electron chi connectivity index (χ2n) is 1.78. The van der Waals surface area contributed by atoms with Crippen molar-refractivity contribution >= 4 is 23.2 Å². The molecule has 0 aromatic rings. The molecule has 14 heavy (non-hydrogen) atoms. The third-order valence-electron chi connectivity index (χ3n) is 0.910. The lowest BCUT2D eigenvalue weighted by molar-refractivity contribution is 0.448. The Labute approximate surface area is 84.1 Å². The van der Waals surface area contributed by atoms with E-state index in [1.165, 1.54) is 0 Å². The van der Waals surface area contributed by atoms with Gasteiger partial charge in [-0.2, -0.15) is 17.6 Å². The first-order valence-electron chi connectivity index (χ1n) is 2.76. The van der Waals surface area contributed by atoms with Crippen LogP contribution in [-0.2, 0) is 0 Å². The number of allylic oxidation sites excluding steroid dienone is 4. The van der Waals surface area contributed by atoms with E-state index >= 15 is 0 Å². The zero-order valence-corrected chi connectivity index (χ0v) is 7.54. The quantitative estimate of drug-likeness (QED) is 0.490. The van der Waals surface area contributed by atoms with E-state index in [1.54, 1.807) is 0 Å². The van der Waals surface area contributed by atoms with Crippen LogP contribution in [-0.4, -0.2) is 0 Å². The predicted molar refractivity (Wildman–Crippen MR) is 39.4 cm³/mol. The summed E-state index contributed by atoms with van der Waals surface area (Å²) in [6.07, 6.45) is 0. The summed E-state index contributed by atoms with van der Waals surface area (Å²) in [5, 5.41) is -4.47. The number of halogens is 8. The minimum atomic E-state index is -2.62. The molecule has 0 unspecified atom stereocenters. The molecule has 0 nitrogen and oxygen atoms in total. The van der Waals surface area contributed by atoms with E-state index in [-0.39, 0.29) is 0 Å². The molecule has 0 rings (SSSR count). The molecule has 0 atom stereocenters. The Morgan fingerprint density at radius 2 is 0.714 bits per heavy atom. The van der Waals surface area contributed by atoms with E-state index in [2.05, 4.69) is 23.2 Å². The summed E-state index contributed by atoms with van der Waals surface area (Å²) >= 11 is 8.57. The van der Waals surface area contributed by atoms with Crippen molar-refractivity contribution in [3.8, 4) is 0 Å². The molecule has 0 N–H and O–H groups in total. The third-order valence-corrected chi connectivity index (χ3v) is 1.24. The summed E-state index contributed by atoms with van der Waals surface area (Å²) in [5.74, 6) is -10.2. The molecule has 8 heteroatoms. The topological polar surface area (TPSA) is 0 Å². The Balaban J connectivity index is 5.37. The maximum Gasteiger partial charge on any atom is 0.228 e.